The first kappa shape index (κ1) is 10.2. The zero-order valence-electron chi connectivity index (χ0n) is 6.90. The molecule has 0 aromatic rings. The van der Waals surface area contributed by atoms with Crippen molar-refractivity contribution in [2.24, 2.45) is 0 Å². The highest BCUT2D eigenvalue weighted by atomic mass is 16.3. The van der Waals surface area contributed by atoms with Crippen molar-refractivity contribution in [2.75, 3.05) is 0 Å². The molecule has 1 atom stereocenters. The van der Waals surface area contributed by atoms with Gasteiger partial charge in [0, 0.05) is 0 Å². The number of unbranched alkanes of at least 4 members (excludes halogenated alkanes) is 1. The Morgan fingerprint density at radius 2 is 2.09 bits per heavy atom. The summed E-state index contributed by atoms with van der Waals surface area (Å²) in [5.74, 6) is 0. The van der Waals surface area contributed by atoms with Crippen LogP contribution in [0.3, 0.4) is 0 Å². The van der Waals surface area contributed by atoms with Crippen molar-refractivity contribution in [2.45, 2.75) is 32.3 Å². The standard InChI is InChI=1S/C9H16O2/c1-2-3-6-9(11)7-4-5-8-10/h4-5,7-11H,2-3,6H2,1H3. The third kappa shape index (κ3) is 7.13. The topological polar surface area (TPSA) is 40.5 Å². The number of hydrogen-bond acceptors (Lipinski definition) is 2. The minimum Gasteiger partial charge on any atom is -0.516 e. The van der Waals surface area contributed by atoms with Crippen LogP contribution in [0.1, 0.15) is 26.2 Å². The summed E-state index contributed by atoms with van der Waals surface area (Å²) in [4.78, 5) is 0. The van der Waals surface area contributed by atoms with E-state index in [-0.39, 0.29) is 6.10 Å². The van der Waals surface area contributed by atoms with Crippen molar-refractivity contribution in [3.8, 4) is 0 Å². The van der Waals surface area contributed by atoms with Gasteiger partial charge in [0.1, 0.15) is 0 Å². The van der Waals surface area contributed by atoms with Gasteiger partial charge in [0.05, 0.1) is 12.4 Å². The van der Waals surface area contributed by atoms with Crippen molar-refractivity contribution >= 4 is 0 Å². The van der Waals surface area contributed by atoms with Crippen LogP contribution < -0.4 is 0 Å². The molecule has 0 saturated carbocycles. The molecule has 2 nitrogen and oxygen atoms in total. The smallest absolute Gasteiger partial charge is 0.0791 e. The number of hydrogen-bond donors (Lipinski definition) is 2. The van der Waals surface area contributed by atoms with Crippen LogP contribution in [0.4, 0.5) is 0 Å². The number of rotatable bonds is 5. The van der Waals surface area contributed by atoms with Gasteiger partial charge in [0.15, 0.2) is 0 Å². The second kappa shape index (κ2) is 7.35. The lowest BCUT2D eigenvalue weighted by atomic mass is 10.1. The van der Waals surface area contributed by atoms with E-state index in [1.54, 1.807) is 12.2 Å². The Morgan fingerprint density at radius 1 is 1.36 bits per heavy atom. The number of aliphatic hydroxyl groups is 2. The van der Waals surface area contributed by atoms with Crippen molar-refractivity contribution < 1.29 is 10.2 Å². The molecule has 0 amide bonds. The zero-order chi connectivity index (χ0) is 8.53. The largest absolute Gasteiger partial charge is 0.516 e. The fourth-order valence-corrected chi connectivity index (χ4v) is 0.752. The molecule has 0 rings (SSSR count). The molecule has 0 bridgehead atoms. The summed E-state index contributed by atoms with van der Waals surface area (Å²) in [5.41, 5.74) is 0. The summed E-state index contributed by atoms with van der Waals surface area (Å²) in [6, 6.07) is 0. The van der Waals surface area contributed by atoms with E-state index in [1.807, 2.05) is 0 Å². The van der Waals surface area contributed by atoms with Crippen molar-refractivity contribution in [1.82, 2.24) is 0 Å². The first-order chi connectivity index (χ1) is 5.31. The first-order valence-corrected chi connectivity index (χ1v) is 3.97. The molecule has 0 heterocycles. The average molecular weight is 156 g/mol. The van der Waals surface area contributed by atoms with Gasteiger partial charge in [-0.3, -0.25) is 0 Å². The highest BCUT2D eigenvalue weighted by Gasteiger charge is 1.95. The first-order valence-electron chi connectivity index (χ1n) is 3.97. The Balaban J connectivity index is 3.42. The molecule has 0 aliphatic rings. The normalized spacial score (nSPS) is 14.7. The Bertz CT molecular complexity index is 128. The summed E-state index contributed by atoms with van der Waals surface area (Å²) in [7, 11) is 0. The van der Waals surface area contributed by atoms with Crippen LogP contribution in [0.2, 0.25) is 0 Å². The monoisotopic (exact) mass is 156 g/mol. The predicted octanol–water partition coefficient (Wildman–Crippen LogP) is 2.17. The van der Waals surface area contributed by atoms with Crippen LogP contribution in [-0.4, -0.2) is 16.3 Å². The Morgan fingerprint density at radius 3 is 2.64 bits per heavy atom. The van der Waals surface area contributed by atoms with Gasteiger partial charge >= 0.3 is 0 Å². The maximum atomic E-state index is 9.20. The molecule has 2 N–H and O–H groups in total. The Kier molecular flexibility index (Phi) is 6.84. The van der Waals surface area contributed by atoms with Crippen LogP contribution in [-0.2, 0) is 0 Å². The lowest BCUT2D eigenvalue weighted by Gasteiger charge is -2.01. The van der Waals surface area contributed by atoms with Crippen LogP contribution in [0.25, 0.3) is 0 Å². The molecule has 2 heteroatoms. The second-order valence-corrected chi connectivity index (χ2v) is 2.44. The number of allylic oxidation sites excluding steroid dienone is 2. The molecule has 0 spiro atoms. The van der Waals surface area contributed by atoms with Crippen LogP contribution in [0.15, 0.2) is 24.5 Å². The lowest BCUT2D eigenvalue weighted by molar-refractivity contribution is 0.209. The van der Waals surface area contributed by atoms with Crippen molar-refractivity contribution in [3.63, 3.8) is 0 Å². The third-order valence-electron chi connectivity index (χ3n) is 1.38. The summed E-state index contributed by atoms with van der Waals surface area (Å²) < 4.78 is 0. The fraction of sp³-hybridized carbons (Fsp3) is 0.556. The maximum Gasteiger partial charge on any atom is 0.0791 e. The van der Waals surface area contributed by atoms with E-state index in [0.29, 0.717) is 0 Å². The van der Waals surface area contributed by atoms with E-state index in [1.165, 1.54) is 6.08 Å². The van der Waals surface area contributed by atoms with Crippen LogP contribution in [0, 0.1) is 0 Å². The minimum absolute atomic E-state index is 0.369. The van der Waals surface area contributed by atoms with Gasteiger partial charge in [0.25, 0.3) is 0 Å². The summed E-state index contributed by atoms with van der Waals surface area (Å²) in [6.07, 6.45) is 8.30. The second-order valence-electron chi connectivity index (χ2n) is 2.44. The Labute approximate surface area is 67.9 Å². The molecular weight excluding hydrogens is 140 g/mol. The van der Waals surface area contributed by atoms with Gasteiger partial charge in [-0.2, -0.15) is 0 Å². The molecule has 0 aliphatic heterocycles. The third-order valence-corrected chi connectivity index (χ3v) is 1.38. The molecule has 0 aromatic heterocycles. The molecule has 1 unspecified atom stereocenters. The van der Waals surface area contributed by atoms with E-state index in [2.05, 4.69) is 6.92 Å². The van der Waals surface area contributed by atoms with E-state index in [9.17, 15) is 5.11 Å². The van der Waals surface area contributed by atoms with Gasteiger partial charge in [-0.05, 0) is 12.5 Å². The highest BCUT2D eigenvalue weighted by molar-refractivity contribution is 5.01. The van der Waals surface area contributed by atoms with E-state index < -0.39 is 0 Å². The van der Waals surface area contributed by atoms with Crippen molar-refractivity contribution in [3.05, 3.63) is 24.5 Å². The molecule has 0 radical (unpaired) electrons. The molecule has 11 heavy (non-hydrogen) atoms. The number of aliphatic hydroxyl groups excluding tert-OH is 2. The molecule has 0 fully saturated rings. The molecule has 64 valence electrons. The van der Waals surface area contributed by atoms with Crippen LogP contribution >= 0.6 is 0 Å². The average Bonchev–Trinajstić information content (AvgIpc) is 2.01. The van der Waals surface area contributed by atoms with Crippen LogP contribution in [0.5, 0.6) is 0 Å². The zero-order valence-corrected chi connectivity index (χ0v) is 6.90. The molecule has 0 aromatic carbocycles. The summed E-state index contributed by atoms with van der Waals surface area (Å²) >= 11 is 0. The van der Waals surface area contributed by atoms with E-state index in [0.717, 1.165) is 25.5 Å². The van der Waals surface area contributed by atoms with Gasteiger partial charge in [-0.15, -0.1) is 0 Å². The van der Waals surface area contributed by atoms with Gasteiger partial charge in [0.2, 0.25) is 0 Å². The highest BCUT2D eigenvalue weighted by Crippen LogP contribution is 2.00. The summed E-state index contributed by atoms with van der Waals surface area (Å²) in [6.45, 7) is 2.09. The minimum atomic E-state index is -0.369. The van der Waals surface area contributed by atoms with Gasteiger partial charge in [-0.25, -0.2) is 0 Å². The maximum absolute atomic E-state index is 9.20. The van der Waals surface area contributed by atoms with Gasteiger partial charge < -0.3 is 10.2 Å². The predicted molar refractivity (Wildman–Crippen MR) is 46.4 cm³/mol. The quantitative estimate of drug-likeness (QED) is 0.473. The SMILES string of the molecule is CCCCC(O)C=CC=CO. The van der Waals surface area contributed by atoms with E-state index >= 15 is 0 Å². The Hall–Kier alpha value is -0.760. The molecular formula is C9H16O2. The molecule has 0 aliphatic carbocycles. The lowest BCUT2D eigenvalue weighted by Crippen LogP contribution is -2.00. The van der Waals surface area contributed by atoms with Gasteiger partial charge in [-0.1, -0.05) is 31.9 Å². The van der Waals surface area contributed by atoms with E-state index in [4.69, 9.17) is 5.11 Å². The fourth-order valence-electron chi connectivity index (χ4n) is 0.752. The van der Waals surface area contributed by atoms with Crippen molar-refractivity contribution in [1.29, 1.82) is 0 Å². The molecule has 0 saturated heterocycles. The summed E-state index contributed by atoms with van der Waals surface area (Å²) in [5, 5.41) is 17.4.